The maximum absolute atomic E-state index is 12.0. The van der Waals surface area contributed by atoms with Crippen LogP contribution in [-0.2, 0) is 0 Å². The molecule has 128 valence electrons. The fourth-order valence-electron chi connectivity index (χ4n) is 2.41. The molecule has 0 aliphatic carbocycles. The highest BCUT2D eigenvalue weighted by molar-refractivity contribution is 6.34. The first-order valence-corrected chi connectivity index (χ1v) is 8.35. The van der Waals surface area contributed by atoms with Crippen LogP contribution in [0.1, 0.15) is 23.1 Å². The first-order valence-electron chi connectivity index (χ1n) is 7.97. The van der Waals surface area contributed by atoms with Gasteiger partial charge in [0.1, 0.15) is 5.75 Å². The van der Waals surface area contributed by atoms with E-state index in [4.69, 9.17) is 16.3 Å². The number of hydrogen-bond donors (Lipinski definition) is 2. The summed E-state index contributed by atoms with van der Waals surface area (Å²) >= 11 is 6.18. The van der Waals surface area contributed by atoms with Gasteiger partial charge in [0.15, 0.2) is 0 Å². The van der Waals surface area contributed by atoms with E-state index in [0.29, 0.717) is 23.9 Å². The van der Waals surface area contributed by atoms with Gasteiger partial charge < -0.3 is 15.4 Å². The Morgan fingerprint density at radius 2 is 1.88 bits per heavy atom. The molecule has 0 spiro atoms. The number of amides is 2. The second kappa shape index (κ2) is 8.60. The van der Waals surface area contributed by atoms with E-state index >= 15 is 0 Å². The van der Waals surface area contributed by atoms with E-state index in [1.807, 2.05) is 57.2 Å². The van der Waals surface area contributed by atoms with E-state index in [0.717, 1.165) is 28.9 Å². The van der Waals surface area contributed by atoms with E-state index in [2.05, 4.69) is 10.6 Å². The summed E-state index contributed by atoms with van der Waals surface area (Å²) in [7, 11) is 0. The van der Waals surface area contributed by atoms with Gasteiger partial charge >= 0.3 is 6.03 Å². The topological polar surface area (TPSA) is 50.4 Å². The molecular formula is C19H23ClN2O2. The minimum atomic E-state index is -0.264. The van der Waals surface area contributed by atoms with Crippen LogP contribution in [0, 0.1) is 20.8 Å². The molecule has 2 aromatic rings. The first-order chi connectivity index (χ1) is 11.5. The van der Waals surface area contributed by atoms with Crippen molar-refractivity contribution in [2.75, 3.05) is 18.5 Å². The zero-order valence-electron chi connectivity index (χ0n) is 14.3. The maximum Gasteiger partial charge on any atom is 0.319 e. The number of halogens is 1. The summed E-state index contributed by atoms with van der Waals surface area (Å²) in [4.78, 5) is 12.0. The number of anilines is 1. The molecule has 0 atom stereocenters. The zero-order chi connectivity index (χ0) is 17.5. The third-order valence-electron chi connectivity index (χ3n) is 3.63. The predicted molar refractivity (Wildman–Crippen MR) is 99.2 cm³/mol. The van der Waals surface area contributed by atoms with Gasteiger partial charge in [0, 0.05) is 6.54 Å². The van der Waals surface area contributed by atoms with Crippen molar-refractivity contribution in [1.29, 1.82) is 0 Å². The zero-order valence-corrected chi connectivity index (χ0v) is 15.0. The fourth-order valence-corrected chi connectivity index (χ4v) is 2.77. The highest BCUT2D eigenvalue weighted by Crippen LogP contribution is 2.27. The number of carbonyl (C=O) groups excluding carboxylic acids is 1. The Morgan fingerprint density at radius 1 is 1.12 bits per heavy atom. The number of urea groups is 1. The van der Waals surface area contributed by atoms with E-state index in [1.165, 1.54) is 0 Å². The highest BCUT2D eigenvalue weighted by atomic mass is 35.5. The molecule has 0 radical (unpaired) electrons. The monoisotopic (exact) mass is 346 g/mol. The summed E-state index contributed by atoms with van der Waals surface area (Å²) in [5.41, 5.74) is 3.76. The SMILES string of the molecule is Cc1cc(C)c(NC(=O)NCCCOc2ccccc2C)c(Cl)c1. The summed E-state index contributed by atoms with van der Waals surface area (Å²) in [5, 5.41) is 6.16. The lowest BCUT2D eigenvalue weighted by Gasteiger charge is -2.13. The summed E-state index contributed by atoms with van der Waals surface area (Å²) in [5.74, 6) is 0.879. The summed E-state index contributed by atoms with van der Waals surface area (Å²) in [6.07, 6.45) is 0.725. The van der Waals surface area contributed by atoms with Crippen molar-refractivity contribution in [3.05, 3.63) is 58.1 Å². The van der Waals surface area contributed by atoms with Crippen molar-refractivity contribution >= 4 is 23.3 Å². The highest BCUT2D eigenvalue weighted by Gasteiger charge is 2.09. The Hall–Kier alpha value is -2.20. The van der Waals surface area contributed by atoms with Crippen LogP contribution in [0.2, 0.25) is 5.02 Å². The molecule has 0 bridgehead atoms. The molecular weight excluding hydrogens is 324 g/mol. The molecule has 0 fully saturated rings. The number of ether oxygens (including phenoxy) is 1. The van der Waals surface area contributed by atoms with Crippen LogP contribution in [0.3, 0.4) is 0 Å². The van der Waals surface area contributed by atoms with Crippen LogP contribution in [0.4, 0.5) is 10.5 Å². The normalized spacial score (nSPS) is 10.3. The van der Waals surface area contributed by atoms with Crippen LogP contribution in [0.5, 0.6) is 5.75 Å². The molecule has 2 aromatic carbocycles. The van der Waals surface area contributed by atoms with Crippen molar-refractivity contribution in [2.45, 2.75) is 27.2 Å². The average molecular weight is 347 g/mol. The number of hydrogen-bond acceptors (Lipinski definition) is 2. The number of nitrogens with one attached hydrogen (secondary N) is 2. The fraction of sp³-hybridized carbons (Fsp3) is 0.316. The van der Waals surface area contributed by atoms with Gasteiger partial charge in [-0.2, -0.15) is 0 Å². The standard InChI is InChI=1S/C19H23ClN2O2/c1-13-11-15(3)18(16(20)12-13)22-19(23)21-9-6-10-24-17-8-5-4-7-14(17)2/h4-5,7-8,11-12H,6,9-10H2,1-3H3,(H2,21,22,23). The lowest BCUT2D eigenvalue weighted by atomic mass is 10.1. The van der Waals surface area contributed by atoms with Crippen LogP contribution >= 0.6 is 11.6 Å². The Morgan fingerprint density at radius 3 is 2.58 bits per heavy atom. The number of aryl methyl sites for hydroxylation is 3. The second-order valence-electron chi connectivity index (χ2n) is 5.79. The molecule has 0 unspecified atom stereocenters. The van der Waals surface area contributed by atoms with Crippen LogP contribution in [0.15, 0.2) is 36.4 Å². The third-order valence-corrected chi connectivity index (χ3v) is 3.93. The van der Waals surface area contributed by atoms with Crippen LogP contribution in [0.25, 0.3) is 0 Å². The lowest BCUT2D eigenvalue weighted by molar-refractivity contribution is 0.250. The number of carbonyl (C=O) groups is 1. The van der Waals surface area contributed by atoms with Crippen LogP contribution in [-0.4, -0.2) is 19.2 Å². The van der Waals surface area contributed by atoms with Gasteiger partial charge in [-0.25, -0.2) is 4.79 Å². The third kappa shape index (κ3) is 5.17. The second-order valence-corrected chi connectivity index (χ2v) is 6.19. The molecule has 0 saturated heterocycles. The Bertz CT molecular complexity index is 693. The Kier molecular flexibility index (Phi) is 6.50. The van der Waals surface area contributed by atoms with Crippen molar-refractivity contribution in [3.63, 3.8) is 0 Å². The minimum absolute atomic E-state index is 0.264. The van der Waals surface area contributed by atoms with E-state index in [1.54, 1.807) is 0 Å². The average Bonchev–Trinajstić information content (AvgIpc) is 2.52. The van der Waals surface area contributed by atoms with Gasteiger partial charge in [-0.05, 0) is 56.0 Å². The molecule has 2 N–H and O–H groups in total. The molecule has 0 heterocycles. The van der Waals surface area contributed by atoms with Gasteiger partial charge in [-0.1, -0.05) is 35.9 Å². The molecule has 0 aliphatic heterocycles. The van der Waals surface area contributed by atoms with E-state index < -0.39 is 0 Å². The largest absolute Gasteiger partial charge is 0.493 e. The molecule has 4 nitrogen and oxygen atoms in total. The molecule has 0 saturated carbocycles. The molecule has 2 amide bonds. The molecule has 0 aromatic heterocycles. The smallest absolute Gasteiger partial charge is 0.319 e. The van der Waals surface area contributed by atoms with Gasteiger partial charge in [-0.15, -0.1) is 0 Å². The number of benzene rings is 2. The quantitative estimate of drug-likeness (QED) is 0.734. The molecule has 0 aliphatic rings. The maximum atomic E-state index is 12.0. The lowest BCUT2D eigenvalue weighted by Crippen LogP contribution is -2.30. The van der Waals surface area contributed by atoms with Gasteiger partial charge in [0.25, 0.3) is 0 Å². The van der Waals surface area contributed by atoms with Gasteiger partial charge in [0.2, 0.25) is 0 Å². The van der Waals surface area contributed by atoms with Crippen LogP contribution < -0.4 is 15.4 Å². The van der Waals surface area contributed by atoms with E-state index in [9.17, 15) is 4.79 Å². The van der Waals surface area contributed by atoms with Gasteiger partial charge in [-0.3, -0.25) is 0 Å². The summed E-state index contributed by atoms with van der Waals surface area (Å²) in [6, 6.07) is 11.4. The summed E-state index contributed by atoms with van der Waals surface area (Å²) < 4.78 is 5.70. The molecule has 5 heteroatoms. The van der Waals surface area contributed by atoms with Crippen molar-refractivity contribution < 1.29 is 9.53 Å². The molecule has 24 heavy (non-hydrogen) atoms. The van der Waals surface area contributed by atoms with E-state index in [-0.39, 0.29) is 6.03 Å². The van der Waals surface area contributed by atoms with Crippen molar-refractivity contribution in [3.8, 4) is 5.75 Å². The van der Waals surface area contributed by atoms with Gasteiger partial charge in [0.05, 0.1) is 17.3 Å². The predicted octanol–water partition coefficient (Wildman–Crippen LogP) is 4.86. The first kappa shape index (κ1) is 18.1. The number of rotatable bonds is 6. The van der Waals surface area contributed by atoms with Crippen molar-refractivity contribution in [2.24, 2.45) is 0 Å². The molecule has 2 rings (SSSR count). The summed E-state index contributed by atoms with van der Waals surface area (Å²) in [6.45, 7) is 6.98. The van der Waals surface area contributed by atoms with Crippen molar-refractivity contribution in [1.82, 2.24) is 5.32 Å². The Labute approximate surface area is 148 Å². The number of para-hydroxylation sites is 1. The Balaban J connectivity index is 1.73. The minimum Gasteiger partial charge on any atom is -0.493 e.